The van der Waals surface area contributed by atoms with Gasteiger partial charge in [0.2, 0.25) is 5.91 Å². The highest BCUT2D eigenvalue weighted by molar-refractivity contribution is 6.31. The first-order chi connectivity index (χ1) is 8.86. The number of hydrogen-bond donors (Lipinski definition) is 2. The largest absolute Gasteiger partial charge is 0.481 e. The summed E-state index contributed by atoms with van der Waals surface area (Å²) in [5.41, 5.74) is 0.553. The Balaban J connectivity index is 2.91. The molecule has 1 rings (SSSR count). The molecule has 0 heterocycles. The quantitative estimate of drug-likeness (QED) is 0.886. The van der Waals surface area contributed by atoms with Gasteiger partial charge in [-0.2, -0.15) is 5.26 Å². The van der Waals surface area contributed by atoms with Gasteiger partial charge < -0.3 is 10.4 Å². The van der Waals surface area contributed by atoms with E-state index >= 15 is 0 Å². The number of carboxylic acids is 1. The van der Waals surface area contributed by atoms with Gasteiger partial charge in [-0.1, -0.05) is 25.4 Å². The van der Waals surface area contributed by atoms with E-state index in [0.717, 1.165) is 0 Å². The van der Waals surface area contributed by atoms with Crippen LogP contribution in [0.4, 0.5) is 5.69 Å². The standard InChI is InChI=1S/C13H13ClN2O3/c1-7(8(2)13(18)19)12(17)16-11-5-10(14)4-3-9(11)6-15/h3-5,7-8H,1-2H3,(H,16,17)(H,18,19). The lowest BCUT2D eigenvalue weighted by Gasteiger charge is -2.16. The molecule has 1 amide bonds. The van der Waals surface area contributed by atoms with E-state index in [1.807, 2.05) is 6.07 Å². The highest BCUT2D eigenvalue weighted by Gasteiger charge is 2.26. The van der Waals surface area contributed by atoms with Crippen LogP contribution >= 0.6 is 11.6 Å². The molecule has 0 bridgehead atoms. The van der Waals surface area contributed by atoms with Crippen LogP contribution in [0.1, 0.15) is 19.4 Å². The number of carboxylic acid groups (broad SMARTS) is 1. The molecule has 100 valence electrons. The summed E-state index contributed by atoms with van der Waals surface area (Å²) in [5, 5.41) is 20.7. The van der Waals surface area contributed by atoms with Crippen LogP contribution in [0.25, 0.3) is 0 Å². The SMILES string of the molecule is CC(C(=O)O)C(C)C(=O)Nc1cc(Cl)ccc1C#N. The van der Waals surface area contributed by atoms with Crippen molar-refractivity contribution in [1.29, 1.82) is 5.26 Å². The molecule has 0 saturated carbocycles. The number of halogens is 1. The third-order valence-corrected chi connectivity index (χ3v) is 3.15. The van der Waals surface area contributed by atoms with Crippen molar-refractivity contribution in [3.8, 4) is 6.07 Å². The first-order valence-corrected chi connectivity index (χ1v) is 5.98. The molecule has 2 atom stereocenters. The van der Waals surface area contributed by atoms with Crippen LogP contribution < -0.4 is 5.32 Å². The van der Waals surface area contributed by atoms with Crippen LogP contribution in [0.15, 0.2) is 18.2 Å². The van der Waals surface area contributed by atoms with E-state index in [2.05, 4.69) is 5.32 Å². The molecule has 0 aliphatic rings. The molecule has 1 aromatic carbocycles. The fourth-order valence-corrected chi connectivity index (χ4v) is 1.58. The summed E-state index contributed by atoms with van der Waals surface area (Å²) in [6, 6.07) is 6.41. The van der Waals surface area contributed by atoms with Crippen molar-refractivity contribution in [3.63, 3.8) is 0 Å². The van der Waals surface area contributed by atoms with E-state index < -0.39 is 23.7 Å². The molecular formula is C13H13ClN2O3. The molecule has 0 spiro atoms. The number of anilines is 1. The average Bonchev–Trinajstić information content (AvgIpc) is 2.37. The lowest BCUT2D eigenvalue weighted by atomic mass is 9.95. The smallest absolute Gasteiger partial charge is 0.307 e. The number of rotatable bonds is 4. The maximum absolute atomic E-state index is 11.9. The first-order valence-electron chi connectivity index (χ1n) is 5.60. The number of hydrogen-bond acceptors (Lipinski definition) is 3. The lowest BCUT2D eigenvalue weighted by Crippen LogP contribution is -2.30. The van der Waals surface area contributed by atoms with Crippen molar-refractivity contribution < 1.29 is 14.7 Å². The average molecular weight is 281 g/mol. The summed E-state index contributed by atoms with van der Waals surface area (Å²) in [6.45, 7) is 2.97. The second kappa shape index (κ2) is 6.21. The molecular weight excluding hydrogens is 268 g/mol. The number of aliphatic carboxylic acids is 1. The zero-order valence-electron chi connectivity index (χ0n) is 10.5. The number of nitriles is 1. The minimum atomic E-state index is -1.05. The van der Waals surface area contributed by atoms with Crippen LogP contribution in [-0.2, 0) is 9.59 Å². The molecule has 2 unspecified atom stereocenters. The van der Waals surface area contributed by atoms with Crippen molar-refractivity contribution in [1.82, 2.24) is 0 Å². The van der Waals surface area contributed by atoms with E-state index in [4.69, 9.17) is 22.0 Å². The van der Waals surface area contributed by atoms with Crippen LogP contribution in [0, 0.1) is 23.2 Å². The maximum atomic E-state index is 11.9. The molecule has 6 heteroatoms. The minimum Gasteiger partial charge on any atom is -0.481 e. The summed E-state index contributed by atoms with van der Waals surface area (Å²) in [4.78, 5) is 22.7. The van der Waals surface area contributed by atoms with Crippen LogP contribution in [0.5, 0.6) is 0 Å². The van der Waals surface area contributed by atoms with Gasteiger partial charge in [-0.05, 0) is 18.2 Å². The Morgan fingerprint density at radius 3 is 2.53 bits per heavy atom. The third-order valence-electron chi connectivity index (χ3n) is 2.91. The van der Waals surface area contributed by atoms with Crippen molar-refractivity contribution in [2.45, 2.75) is 13.8 Å². The summed E-state index contributed by atoms with van der Waals surface area (Å²) >= 11 is 5.79. The Labute approximate surface area is 115 Å². The Morgan fingerprint density at radius 2 is 2.00 bits per heavy atom. The summed E-state index contributed by atoms with van der Waals surface area (Å²) in [7, 11) is 0. The van der Waals surface area contributed by atoms with Crippen molar-refractivity contribution in [2.75, 3.05) is 5.32 Å². The van der Waals surface area contributed by atoms with Crippen molar-refractivity contribution in [2.24, 2.45) is 11.8 Å². The Bertz CT molecular complexity index is 551. The Kier molecular flexibility index (Phi) is 4.90. The second-order valence-electron chi connectivity index (χ2n) is 4.21. The summed E-state index contributed by atoms with van der Waals surface area (Å²) in [6.07, 6.45) is 0. The fourth-order valence-electron chi connectivity index (χ4n) is 1.40. The van der Waals surface area contributed by atoms with E-state index in [0.29, 0.717) is 5.02 Å². The van der Waals surface area contributed by atoms with Gasteiger partial charge in [0.25, 0.3) is 0 Å². The topological polar surface area (TPSA) is 90.2 Å². The van der Waals surface area contributed by atoms with Crippen LogP contribution in [0.2, 0.25) is 5.02 Å². The predicted molar refractivity (Wildman–Crippen MR) is 70.8 cm³/mol. The number of carbonyl (C=O) groups is 2. The molecule has 0 saturated heterocycles. The molecule has 0 radical (unpaired) electrons. The van der Waals surface area contributed by atoms with Crippen LogP contribution in [-0.4, -0.2) is 17.0 Å². The Morgan fingerprint density at radius 1 is 1.37 bits per heavy atom. The Hall–Kier alpha value is -2.06. The minimum absolute atomic E-state index is 0.271. The summed E-state index contributed by atoms with van der Waals surface area (Å²) in [5.74, 6) is -3.05. The van der Waals surface area contributed by atoms with E-state index in [1.54, 1.807) is 6.07 Å². The second-order valence-corrected chi connectivity index (χ2v) is 4.64. The van der Waals surface area contributed by atoms with Gasteiger partial charge in [-0.3, -0.25) is 9.59 Å². The van der Waals surface area contributed by atoms with Crippen molar-refractivity contribution >= 4 is 29.2 Å². The fraction of sp³-hybridized carbons (Fsp3) is 0.308. The van der Waals surface area contributed by atoms with E-state index in [1.165, 1.54) is 26.0 Å². The van der Waals surface area contributed by atoms with Crippen LogP contribution in [0.3, 0.4) is 0 Å². The van der Waals surface area contributed by atoms with Crippen molar-refractivity contribution in [3.05, 3.63) is 28.8 Å². The predicted octanol–water partition coefficient (Wildman–Crippen LogP) is 2.51. The van der Waals surface area contributed by atoms with Gasteiger partial charge in [0.05, 0.1) is 17.2 Å². The lowest BCUT2D eigenvalue weighted by molar-refractivity contribution is -0.145. The zero-order chi connectivity index (χ0) is 14.6. The molecule has 1 aromatic rings. The molecule has 0 aromatic heterocycles. The number of nitrogens with one attached hydrogen (secondary N) is 1. The van der Waals surface area contributed by atoms with Gasteiger partial charge in [-0.15, -0.1) is 0 Å². The number of nitrogens with zero attached hydrogens (tertiary/aromatic N) is 1. The van der Waals surface area contributed by atoms with Gasteiger partial charge >= 0.3 is 5.97 Å². The monoisotopic (exact) mass is 280 g/mol. The van der Waals surface area contributed by atoms with Gasteiger partial charge in [-0.25, -0.2) is 0 Å². The number of carbonyl (C=O) groups excluding carboxylic acids is 1. The zero-order valence-corrected chi connectivity index (χ0v) is 11.2. The van der Waals surface area contributed by atoms with E-state index in [9.17, 15) is 9.59 Å². The maximum Gasteiger partial charge on any atom is 0.307 e. The van der Waals surface area contributed by atoms with Gasteiger partial charge in [0.15, 0.2) is 0 Å². The summed E-state index contributed by atoms with van der Waals surface area (Å²) < 4.78 is 0. The highest BCUT2D eigenvalue weighted by Crippen LogP contribution is 2.22. The normalized spacial score (nSPS) is 13.2. The molecule has 0 fully saturated rings. The number of amides is 1. The molecule has 0 aliphatic heterocycles. The third kappa shape index (κ3) is 3.70. The van der Waals surface area contributed by atoms with E-state index in [-0.39, 0.29) is 11.3 Å². The molecule has 5 nitrogen and oxygen atoms in total. The first kappa shape index (κ1) is 15.0. The molecule has 19 heavy (non-hydrogen) atoms. The highest BCUT2D eigenvalue weighted by atomic mass is 35.5. The number of benzene rings is 1. The van der Waals surface area contributed by atoms with Gasteiger partial charge in [0, 0.05) is 10.9 Å². The molecule has 2 N–H and O–H groups in total. The molecule has 0 aliphatic carbocycles. The van der Waals surface area contributed by atoms with Gasteiger partial charge in [0.1, 0.15) is 6.07 Å².